The summed E-state index contributed by atoms with van der Waals surface area (Å²) in [4.78, 5) is 3.51. The molecule has 0 bridgehead atoms. The molecule has 1 saturated heterocycles. The Morgan fingerprint density at radius 3 is 2.35 bits per heavy atom. The lowest BCUT2D eigenvalue weighted by Gasteiger charge is -2.31. The summed E-state index contributed by atoms with van der Waals surface area (Å²) in [6.07, 6.45) is 2.55. The Hall–Kier alpha value is -0.860. The first-order valence-corrected chi connectivity index (χ1v) is 6.95. The molecule has 1 heterocycles. The number of hydrogen-bond acceptors (Lipinski definition) is 0. The molecule has 2 heteroatoms. The van der Waals surface area contributed by atoms with Crippen LogP contribution in [0.5, 0.6) is 0 Å². The van der Waals surface area contributed by atoms with E-state index in [4.69, 9.17) is 0 Å². The average Bonchev–Trinajstić information content (AvgIpc) is 2.38. The van der Waals surface area contributed by atoms with Crippen LogP contribution in [-0.4, -0.2) is 39.3 Å². The monoisotopic (exact) mass is 234 g/mol. The summed E-state index contributed by atoms with van der Waals surface area (Å²) in [6.45, 7) is 7.79. The minimum absolute atomic E-state index is 0.809. The van der Waals surface area contributed by atoms with Gasteiger partial charge in [-0.15, -0.1) is 0 Å². The zero-order valence-corrected chi connectivity index (χ0v) is 11.2. The number of likely N-dealkylation sites (N-methyl/N-ethyl adjacent to an activating group) is 1. The van der Waals surface area contributed by atoms with E-state index in [1.54, 1.807) is 4.90 Å². The van der Waals surface area contributed by atoms with Crippen molar-refractivity contribution in [1.82, 2.24) is 0 Å². The van der Waals surface area contributed by atoms with Crippen LogP contribution in [0.3, 0.4) is 0 Å². The van der Waals surface area contributed by atoms with Crippen molar-refractivity contribution in [2.24, 2.45) is 0 Å². The van der Waals surface area contributed by atoms with E-state index in [-0.39, 0.29) is 0 Å². The topological polar surface area (TPSA) is 8.88 Å². The van der Waals surface area contributed by atoms with Crippen molar-refractivity contribution in [1.29, 1.82) is 0 Å². The molecule has 1 aromatic rings. The smallest absolute Gasteiger partial charge is 0.127 e. The fourth-order valence-corrected chi connectivity index (χ4v) is 2.72. The zero-order chi connectivity index (χ0) is 12.1. The van der Waals surface area contributed by atoms with E-state index < -0.39 is 0 Å². The first kappa shape index (κ1) is 12.6. The van der Waals surface area contributed by atoms with Crippen molar-refractivity contribution >= 4 is 0 Å². The lowest BCUT2D eigenvalue weighted by atomic mass is 10.0. The lowest BCUT2D eigenvalue weighted by Crippen LogP contribution is -3.28. The first-order valence-electron chi connectivity index (χ1n) is 6.95. The summed E-state index contributed by atoms with van der Waals surface area (Å²) in [6, 6.07) is 11.7. The SMILES string of the molecule is C[C@@H](CCc1ccccc1)[NH+]1CC[NH+](C)CC1. The molecule has 0 aliphatic carbocycles. The van der Waals surface area contributed by atoms with Crippen molar-refractivity contribution in [2.45, 2.75) is 25.8 Å². The Kier molecular flexibility index (Phi) is 4.57. The summed E-state index contributed by atoms with van der Waals surface area (Å²) in [5.41, 5.74) is 1.48. The fourth-order valence-electron chi connectivity index (χ4n) is 2.72. The van der Waals surface area contributed by atoms with Gasteiger partial charge in [0.1, 0.15) is 26.2 Å². The number of piperazine rings is 1. The highest BCUT2D eigenvalue weighted by Gasteiger charge is 2.24. The number of quaternary nitrogens is 2. The van der Waals surface area contributed by atoms with Crippen LogP contribution in [0, 0.1) is 0 Å². The molecule has 2 rings (SSSR count). The molecule has 94 valence electrons. The van der Waals surface area contributed by atoms with Crippen molar-refractivity contribution in [3.63, 3.8) is 0 Å². The predicted molar refractivity (Wildman–Crippen MR) is 71.5 cm³/mol. The van der Waals surface area contributed by atoms with Crippen molar-refractivity contribution in [3.8, 4) is 0 Å². The van der Waals surface area contributed by atoms with E-state index in [0.717, 1.165) is 6.04 Å². The number of aryl methyl sites for hydroxylation is 1. The molecular weight excluding hydrogens is 208 g/mol. The number of hydrogen-bond donors (Lipinski definition) is 2. The molecule has 1 aliphatic rings. The van der Waals surface area contributed by atoms with Crippen LogP contribution >= 0.6 is 0 Å². The third kappa shape index (κ3) is 3.83. The van der Waals surface area contributed by atoms with Gasteiger partial charge in [-0.1, -0.05) is 30.3 Å². The summed E-state index contributed by atoms with van der Waals surface area (Å²) >= 11 is 0. The van der Waals surface area contributed by atoms with Gasteiger partial charge in [-0.05, 0) is 18.9 Å². The maximum absolute atomic E-state index is 2.42. The Morgan fingerprint density at radius 1 is 1.06 bits per heavy atom. The largest absolute Gasteiger partial charge is 0.328 e. The van der Waals surface area contributed by atoms with Gasteiger partial charge in [0, 0.05) is 6.42 Å². The zero-order valence-electron chi connectivity index (χ0n) is 11.2. The molecule has 1 aliphatic heterocycles. The van der Waals surface area contributed by atoms with E-state index in [0.29, 0.717) is 0 Å². The van der Waals surface area contributed by atoms with E-state index in [9.17, 15) is 0 Å². The average molecular weight is 234 g/mol. The minimum Gasteiger partial charge on any atom is -0.328 e. The van der Waals surface area contributed by atoms with Crippen LogP contribution in [0.15, 0.2) is 30.3 Å². The highest BCUT2D eigenvalue weighted by atomic mass is 15.3. The standard InChI is InChI=1S/C15H24N2/c1-14(17-12-10-16(2)11-13-17)8-9-15-6-4-3-5-7-15/h3-7,14H,8-13H2,1-2H3/p+2/t14-/m0/s1. The van der Waals surface area contributed by atoms with Gasteiger partial charge in [0.2, 0.25) is 0 Å². The van der Waals surface area contributed by atoms with E-state index in [1.165, 1.54) is 44.6 Å². The minimum atomic E-state index is 0.809. The molecule has 1 atom stereocenters. The molecule has 2 N–H and O–H groups in total. The third-order valence-electron chi connectivity index (χ3n) is 4.15. The van der Waals surface area contributed by atoms with Crippen molar-refractivity contribution < 1.29 is 9.80 Å². The molecule has 17 heavy (non-hydrogen) atoms. The third-order valence-corrected chi connectivity index (χ3v) is 4.15. The predicted octanol–water partition coefficient (Wildman–Crippen LogP) is -0.579. The summed E-state index contributed by atoms with van der Waals surface area (Å²) in [5.74, 6) is 0. The van der Waals surface area contributed by atoms with Gasteiger partial charge < -0.3 is 9.80 Å². The summed E-state index contributed by atoms with van der Waals surface area (Å²) in [7, 11) is 2.31. The Bertz CT molecular complexity index is 315. The normalized spacial score (nSPS) is 26.7. The van der Waals surface area contributed by atoms with Crippen LogP contribution in [0.2, 0.25) is 0 Å². The van der Waals surface area contributed by atoms with Crippen LogP contribution in [-0.2, 0) is 6.42 Å². The molecule has 0 spiro atoms. The molecule has 0 radical (unpaired) electrons. The van der Waals surface area contributed by atoms with Gasteiger partial charge >= 0.3 is 0 Å². The second kappa shape index (κ2) is 6.18. The quantitative estimate of drug-likeness (QED) is 0.690. The molecule has 0 amide bonds. The van der Waals surface area contributed by atoms with Gasteiger partial charge in [-0.3, -0.25) is 0 Å². The first-order chi connectivity index (χ1) is 8.25. The van der Waals surface area contributed by atoms with Crippen LogP contribution in [0.25, 0.3) is 0 Å². The van der Waals surface area contributed by atoms with E-state index in [2.05, 4.69) is 44.3 Å². The van der Waals surface area contributed by atoms with Crippen LogP contribution < -0.4 is 9.80 Å². The highest BCUT2D eigenvalue weighted by Crippen LogP contribution is 2.03. The molecule has 0 saturated carbocycles. The molecule has 0 aromatic heterocycles. The molecule has 2 nitrogen and oxygen atoms in total. The van der Waals surface area contributed by atoms with Crippen LogP contribution in [0.4, 0.5) is 0 Å². The van der Waals surface area contributed by atoms with E-state index in [1.807, 2.05) is 4.90 Å². The Morgan fingerprint density at radius 2 is 1.71 bits per heavy atom. The maximum Gasteiger partial charge on any atom is 0.127 e. The number of nitrogens with one attached hydrogen (secondary N) is 2. The lowest BCUT2D eigenvalue weighted by molar-refractivity contribution is -1.02. The Labute approximate surface area is 105 Å². The number of rotatable bonds is 4. The van der Waals surface area contributed by atoms with Gasteiger partial charge in [-0.2, -0.15) is 0 Å². The Balaban J connectivity index is 1.75. The molecule has 1 fully saturated rings. The van der Waals surface area contributed by atoms with Crippen LogP contribution in [0.1, 0.15) is 18.9 Å². The van der Waals surface area contributed by atoms with Gasteiger partial charge in [0.15, 0.2) is 0 Å². The van der Waals surface area contributed by atoms with Gasteiger partial charge in [-0.25, -0.2) is 0 Å². The second-order valence-electron chi connectivity index (χ2n) is 5.54. The van der Waals surface area contributed by atoms with Gasteiger partial charge in [0.25, 0.3) is 0 Å². The fraction of sp³-hybridized carbons (Fsp3) is 0.600. The summed E-state index contributed by atoms with van der Waals surface area (Å²) in [5, 5.41) is 0. The maximum atomic E-state index is 2.42. The molecule has 0 unspecified atom stereocenters. The second-order valence-corrected chi connectivity index (χ2v) is 5.54. The molecular formula is C15H26N2+2. The van der Waals surface area contributed by atoms with E-state index >= 15 is 0 Å². The van der Waals surface area contributed by atoms with Crippen molar-refractivity contribution in [3.05, 3.63) is 35.9 Å². The summed E-state index contributed by atoms with van der Waals surface area (Å²) < 4.78 is 0. The highest BCUT2D eigenvalue weighted by molar-refractivity contribution is 5.14. The van der Waals surface area contributed by atoms with Crippen molar-refractivity contribution in [2.75, 3.05) is 33.2 Å². The molecule has 1 aromatic carbocycles. The number of benzene rings is 1. The van der Waals surface area contributed by atoms with Gasteiger partial charge in [0.05, 0.1) is 13.1 Å².